The zero-order valence-electron chi connectivity index (χ0n) is 6.23. The minimum Gasteiger partial charge on any atom is -0.364 e. The van der Waals surface area contributed by atoms with E-state index in [0.717, 1.165) is 0 Å². The van der Waals surface area contributed by atoms with E-state index in [0.29, 0.717) is 0 Å². The molecule has 6 nitrogen and oxygen atoms in total. The first-order chi connectivity index (χ1) is 6.04. The number of nitrogens with two attached hydrogens (primary N) is 1. The van der Waals surface area contributed by atoms with Crippen molar-refractivity contribution in [3.8, 4) is 0 Å². The highest BCUT2D eigenvalue weighted by molar-refractivity contribution is 6.33. The number of amides is 1. The van der Waals surface area contributed by atoms with Crippen molar-refractivity contribution in [2.24, 2.45) is 5.73 Å². The third-order valence-electron chi connectivity index (χ3n) is 1.29. The molecule has 0 bridgehead atoms. The SMILES string of the molecule is NC(=O)c1nccc(Cl)c1[N+](=O)[O-]. The molecule has 1 amide bonds. The molecule has 0 spiro atoms. The van der Waals surface area contributed by atoms with Crippen molar-refractivity contribution >= 4 is 23.2 Å². The summed E-state index contributed by atoms with van der Waals surface area (Å²) in [6, 6.07) is 1.21. The van der Waals surface area contributed by atoms with Gasteiger partial charge in [0.25, 0.3) is 5.91 Å². The second-order valence-corrected chi connectivity index (χ2v) is 2.52. The summed E-state index contributed by atoms with van der Waals surface area (Å²) in [4.78, 5) is 23.8. The van der Waals surface area contributed by atoms with Gasteiger partial charge in [-0.2, -0.15) is 0 Å². The number of primary amides is 1. The quantitative estimate of drug-likeness (QED) is 0.563. The molecule has 68 valence electrons. The number of nitrogens with zero attached hydrogens (tertiary/aromatic N) is 2. The van der Waals surface area contributed by atoms with Crippen LogP contribution in [0.4, 0.5) is 5.69 Å². The lowest BCUT2D eigenvalue weighted by atomic mass is 10.3. The molecule has 0 unspecified atom stereocenters. The second kappa shape index (κ2) is 3.36. The molecular weight excluding hydrogens is 198 g/mol. The number of halogens is 1. The minimum absolute atomic E-state index is 0.159. The van der Waals surface area contributed by atoms with Crippen LogP contribution < -0.4 is 5.73 Å². The van der Waals surface area contributed by atoms with Crippen molar-refractivity contribution in [3.63, 3.8) is 0 Å². The van der Waals surface area contributed by atoms with Crippen LogP contribution in [0.5, 0.6) is 0 Å². The van der Waals surface area contributed by atoms with Crippen LogP contribution in [0.2, 0.25) is 5.02 Å². The maximum Gasteiger partial charge on any atom is 0.319 e. The number of carbonyl (C=O) groups is 1. The molecule has 1 rings (SSSR count). The predicted molar refractivity (Wildman–Crippen MR) is 44.4 cm³/mol. The Labute approximate surface area is 77.5 Å². The van der Waals surface area contributed by atoms with E-state index >= 15 is 0 Å². The fraction of sp³-hybridized carbons (Fsp3) is 0. The lowest BCUT2D eigenvalue weighted by molar-refractivity contribution is -0.385. The van der Waals surface area contributed by atoms with E-state index < -0.39 is 22.2 Å². The van der Waals surface area contributed by atoms with Crippen LogP contribution in [0.1, 0.15) is 10.5 Å². The predicted octanol–water partition coefficient (Wildman–Crippen LogP) is 0.742. The normalized spacial score (nSPS) is 9.62. The van der Waals surface area contributed by atoms with E-state index in [2.05, 4.69) is 4.98 Å². The Morgan fingerprint density at radius 3 is 2.69 bits per heavy atom. The number of pyridine rings is 1. The molecule has 0 aliphatic rings. The molecule has 0 saturated heterocycles. The van der Waals surface area contributed by atoms with Crippen LogP contribution in [0.25, 0.3) is 0 Å². The number of nitro groups is 1. The molecular formula is C6H4ClN3O3. The summed E-state index contributed by atoms with van der Waals surface area (Å²) in [5, 5.41) is 10.3. The van der Waals surface area contributed by atoms with Crippen molar-refractivity contribution in [1.82, 2.24) is 4.98 Å². The van der Waals surface area contributed by atoms with Crippen molar-refractivity contribution in [2.45, 2.75) is 0 Å². The molecule has 0 aliphatic carbocycles. The zero-order valence-corrected chi connectivity index (χ0v) is 6.99. The summed E-state index contributed by atoms with van der Waals surface area (Å²) in [6.45, 7) is 0. The highest BCUT2D eigenvalue weighted by Gasteiger charge is 2.23. The molecule has 1 aromatic heterocycles. The van der Waals surface area contributed by atoms with Gasteiger partial charge in [0, 0.05) is 6.20 Å². The van der Waals surface area contributed by atoms with E-state index in [1.807, 2.05) is 0 Å². The number of hydrogen-bond acceptors (Lipinski definition) is 4. The fourth-order valence-electron chi connectivity index (χ4n) is 0.784. The van der Waals surface area contributed by atoms with Crippen LogP contribution in [0.3, 0.4) is 0 Å². The Morgan fingerprint density at radius 2 is 2.31 bits per heavy atom. The first kappa shape index (κ1) is 9.40. The fourth-order valence-corrected chi connectivity index (χ4v) is 0.999. The molecule has 0 atom stereocenters. The molecule has 2 N–H and O–H groups in total. The molecule has 13 heavy (non-hydrogen) atoms. The largest absolute Gasteiger partial charge is 0.364 e. The van der Waals surface area contributed by atoms with Crippen LogP contribution in [-0.2, 0) is 0 Å². The van der Waals surface area contributed by atoms with Gasteiger partial charge in [0.15, 0.2) is 0 Å². The third kappa shape index (κ3) is 1.73. The minimum atomic E-state index is -0.978. The van der Waals surface area contributed by atoms with Crippen LogP contribution >= 0.6 is 11.6 Å². The van der Waals surface area contributed by atoms with E-state index in [1.165, 1.54) is 12.3 Å². The van der Waals surface area contributed by atoms with Gasteiger partial charge < -0.3 is 5.73 Å². The Morgan fingerprint density at radius 1 is 1.69 bits per heavy atom. The maximum atomic E-state index is 10.7. The molecule has 0 fully saturated rings. The first-order valence-corrected chi connectivity index (χ1v) is 3.50. The van der Waals surface area contributed by atoms with Gasteiger partial charge in [-0.05, 0) is 6.07 Å². The summed E-state index contributed by atoms with van der Waals surface area (Å²) in [7, 11) is 0. The molecule has 7 heteroatoms. The number of carbonyl (C=O) groups excluding carboxylic acids is 1. The Kier molecular flexibility index (Phi) is 2.43. The van der Waals surface area contributed by atoms with E-state index in [1.54, 1.807) is 0 Å². The van der Waals surface area contributed by atoms with Crippen molar-refractivity contribution in [1.29, 1.82) is 0 Å². The lowest BCUT2D eigenvalue weighted by Gasteiger charge is -1.97. The van der Waals surface area contributed by atoms with Gasteiger partial charge in [-0.15, -0.1) is 0 Å². The highest BCUT2D eigenvalue weighted by atomic mass is 35.5. The Balaban J connectivity index is 3.43. The average molecular weight is 202 g/mol. The monoisotopic (exact) mass is 201 g/mol. The molecule has 0 saturated carbocycles. The van der Waals surface area contributed by atoms with Gasteiger partial charge in [-0.3, -0.25) is 14.9 Å². The lowest BCUT2D eigenvalue weighted by Crippen LogP contribution is -2.15. The summed E-state index contributed by atoms with van der Waals surface area (Å²) >= 11 is 5.48. The van der Waals surface area contributed by atoms with E-state index in [-0.39, 0.29) is 5.02 Å². The van der Waals surface area contributed by atoms with E-state index in [9.17, 15) is 14.9 Å². The average Bonchev–Trinajstić information content (AvgIpc) is 2.02. The molecule has 0 radical (unpaired) electrons. The third-order valence-corrected chi connectivity index (χ3v) is 1.60. The topological polar surface area (TPSA) is 99.1 Å². The zero-order chi connectivity index (χ0) is 10.0. The maximum absolute atomic E-state index is 10.7. The van der Waals surface area contributed by atoms with Gasteiger partial charge in [-0.25, -0.2) is 4.98 Å². The van der Waals surface area contributed by atoms with Crippen molar-refractivity contribution in [2.75, 3.05) is 0 Å². The first-order valence-electron chi connectivity index (χ1n) is 3.12. The Bertz CT molecular complexity index is 379. The van der Waals surface area contributed by atoms with Gasteiger partial charge in [-0.1, -0.05) is 11.6 Å². The second-order valence-electron chi connectivity index (χ2n) is 2.11. The molecule has 0 aliphatic heterocycles. The smallest absolute Gasteiger partial charge is 0.319 e. The summed E-state index contributed by atoms with van der Waals surface area (Å²) in [6.07, 6.45) is 1.18. The molecule has 1 heterocycles. The van der Waals surface area contributed by atoms with Gasteiger partial charge >= 0.3 is 5.69 Å². The summed E-state index contributed by atoms with van der Waals surface area (Å²) < 4.78 is 0. The number of aromatic nitrogens is 1. The standard InChI is InChI=1S/C6H4ClN3O3/c7-3-1-2-9-4(6(8)11)5(3)10(12)13/h1-2H,(H2,8,11). The van der Waals surface area contributed by atoms with E-state index in [4.69, 9.17) is 17.3 Å². The van der Waals surface area contributed by atoms with Crippen molar-refractivity contribution in [3.05, 3.63) is 33.1 Å². The number of hydrogen-bond donors (Lipinski definition) is 1. The van der Waals surface area contributed by atoms with Crippen LogP contribution in [0.15, 0.2) is 12.3 Å². The highest BCUT2D eigenvalue weighted by Crippen LogP contribution is 2.25. The van der Waals surface area contributed by atoms with Gasteiger partial charge in [0.05, 0.1) is 4.92 Å². The summed E-state index contributed by atoms with van der Waals surface area (Å²) in [5.74, 6) is -0.978. The summed E-state index contributed by atoms with van der Waals surface area (Å²) in [5.41, 5.74) is 3.87. The van der Waals surface area contributed by atoms with Crippen molar-refractivity contribution < 1.29 is 9.72 Å². The molecule has 1 aromatic rings. The van der Waals surface area contributed by atoms with Crippen LogP contribution in [-0.4, -0.2) is 15.8 Å². The molecule has 0 aromatic carbocycles. The van der Waals surface area contributed by atoms with Gasteiger partial charge in [0.1, 0.15) is 5.02 Å². The van der Waals surface area contributed by atoms with Crippen LogP contribution in [0, 0.1) is 10.1 Å². The Hall–Kier alpha value is -1.69. The number of rotatable bonds is 2. The van der Waals surface area contributed by atoms with Gasteiger partial charge in [0.2, 0.25) is 5.69 Å².